The Morgan fingerprint density at radius 3 is 2.74 bits per heavy atom. The maximum Gasteiger partial charge on any atom is 0.344 e. The molecule has 2 aliphatic rings. The molecule has 0 radical (unpaired) electrons. The predicted molar refractivity (Wildman–Crippen MR) is 119 cm³/mol. The molecule has 2 atom stereocenters. The monoisotopic (exact) mass is 519 g/mol. The minimum atomic E-state index is -1.29. The van der Waals surface area contributed by atoms with Gasteiger partial charge in [-0.2, -0.15) is 9.36 Å². The van der Waals surface area contributed by atoms with Gasteiger partial charge in [0.1, 0.15) is 11.4 Å². The fraction of sp³-hybridized carbons (Fsp3) is 0.263. The third-order valence-electron chi connectivity index (χ3n) is 4.85. The van der Waals surface area contributed by atoms with Crippen LogP contribution >= 0.6 is 23.3 Å². The number of β-lactam (4-membered cyclic amide) rings is 1. The molecule has 4 rings (SSSR count). The van der Waals surface area contributed by atoms with E-state index in [2.05, 4.69) is 24.7 Å². The summed E-state index contributed by atoms with van der Waals surface area (Å²) < 4.78 is 5.66. The Morgan fingerprint density at radius 2 is 2.11 bits per heavy atom. The zero-order valence-electron chi connectivity index (χ0n) is 17.7. The van der Waals surface area contributed by atoms with Gasteiger partial charge in [-0.15, -0.1) is 11.8 Å². The second-order valence-electron chi connectivity index (χ2n) is 7.30. The van der Waals surface area contributed by atoms with Crippen LogP contribution < -0.4 is 20.7 Å². The lowest BCUT2D eigenvalue weighted by molar-refractivity contribution is -0.689. The number of rotatable bonds is 9. The number of amides is 2. The van der Waals surface area contributed by atoms with E-state index in [9.17, 15) is 24.3 Å². The highest BCUT2D eigenvalue weighted by Gasteiger charge is 2.50. The number of hydrogen-bond acceptors (Lipinski definition) is 12. The van der Waals surface area contributed by atoms with E-state index in [-0.39, 0.29) is 27.8 Å². The molecule has 1 saturated heterocycles. The van der Waals surface area contributed by atoms with E-state index in [4.69, 9.17) is 10.8 Å². The standard InChI is InChI=1S/C19H17N7O7S2/c20-19-22-14(24-35-19)12(23-33-7-11(27)28)15(29)21-13-16(30)26-6-9(8-34-17(13)26)5-25-3-1-10(2-4-25)18(31)32/h1-4,6,13,17H,5,7-8H2,(H4-,20,21,22,24,27,28,29,31,32)/b23-12-/t13?,17-/m1/s1. The fourth-order valence-electron chi connectivity index (χ4n) is 3.26. The third kappa shape index (κ3) is 5.38. The van der Waals surface area contributed by atoms with Crippen LogP contribution in [0.25, 0.3) is 0 Å². The summed E-state index contributed by atoms with van der Waals surface area (Å²) in [6, 6.07) is 2.01. The number of nitrogens with one attached hydrogen (secondary N) is 1. The molecule has 35 heavy (non-hydrogen) atoms. The first-order valence-corrected chi connectivity index (χ1v) is 11.7. The molecule has 4 N–H and O–H groups in total. The Hall–Kier alpha value is -4.05. The van der Waals surface area contributed by atoms with E-state index < -0.39 is 36.2 Å². The van der Waals surface area contributed by atoms with Gasteiger partial charge in [-0.05, 0) is 0 Å². The van der Waals surface area contributed by atoms with E-state index in [1.165, 1.54) is 28.8 Å². The van der Waals surface area contributed by atoms with Gasteiger partial charge in [0.2, 0.25) is 18.1 Å². The number of pyridine rings is 1. The first-order chi connectivity index (χ1) is 16.7. The lowest BCUT2D eigenvalue weighted by Crippen LogP contribution is -2.69. The molecule has 0 aromatic carbocycles. The largest absolute Gasteiger partial charge is 0.545 e. The van der Waals surface area contributed by atoms with Gasteiger partial charge >= 0.3 is 5.97 Å². The van der Waals surface area contributed by atoms with Crippen LogP contribution in [0.5, 0.6) is 0 Å². The molecule has 1 fully saturated rings. The number of anilines is 1. The smallest absolute Gasteiger partial charge is 0.344 e. The Morgan fingerprint density at radius 1 is 1.37 bits per heavy atom. The van der Waals surface area contributed by atoms with Crippen LogP contribution in [-0.4, -0.2) is 72.6 Å². The van der Waals surface area contributed by atoms with E-state index >= 15 is 0 Å². The van der Waals surface area contributed by atoms with Crippen molar-refractivity contribution in [3.8, 4) is 0 Å². The van der Waals surface area contributed by atoms with Crippen LogP contribution in [-0.2, 0) is 25.8 Å². The van der Waals surface area contributed by atoms with E-state index in [0.717, 1.165) is 17.1 Å². The van der Waals surface area contributed by atoms with Crippen LogP contribution in [0.1, 0.15) is 16.2 Å². The fourth-order valence-corrected chi connectivity index (χ4v) is 4.94. The molecule has 0 spiro atoms. The summed E-state index contributed by atoms with van der Waals surface area (Å²) in [4.78, 5) is 57.1. The summed E-state index contributed by atoms with van der Waals surface area (Å²) in [6.07, 6.45) is 4.92. The maximum atomic E-state index is 12.8. The topological polar surface area (TPSA) is 204 Å². The molecule has 0 bridgehead atoms. The van der Waals surface area contributed by atoms with E-state index in [1.54, 1.807) is 23.2 Å². The number of carbonyl (C=O) groups excluding carboxylic acids is 3. The molecule has 0 saturated carbocycles. The zero-order chi connectivity index (χ0) is 25.1. The van der Waals surface area contributed by atoms with Gasteiger partial charge < -0.3 is 35.8 Å². The van der Waals surface area contributed by atoms with Gasteiger partial charge in [0.25, 0.3) is 11.8 Å². The molecule has 4 heterocycles. The van der Waals surface area contributed by atoms with Crippen molar-refractivity contribution in [2.24, 2.45) is 5.16 Å². The molecule has 2 aliphatic heterocycles. The summed E-state index contributed by atoms with van der Waals surface area (Å²) >= 11 is 2.26. The normalized spacial score (nSPS) is 19.3. The van der Waals surface area contributed by atoms with Crippen molar-refractivity contribution in [2.45, 2.75) is 18.0 Å². The van der Waals surface area contributed by atoms with Gasteiger partial charge in [0.15, 0.2) is 24.1 Å². The second-order valence-corrected chi connectivity index (χ2v) is 9.18. The highest BCUT2D eigenvalue weighted by molar-refractivity contribution is 8.00. The van der Waals surface area contributed by atoms with E-state index in [0.29, 0.717) is 12.3 Å². The highest BCUT2D eigenvalue weighted by Crippen LogP contribution is 2.36. The molecule has 1 unspecified atom stereocenters. The highest BCUT2D eigenvalue weighted by atomic mass is 32.2. The molecule has 14 nitrogen and oxygen atoms in total. The van der Waals surface area contributed by atoms with Crippen LogP contribution in [0.15, 0.2) is 41.5 Å². The molecule has 182 valence electrons. The van der Waals surface area contributed by atoms with Crippen LogP contribution in [0, 0.1) is 0 Å². The average Bonchev–Trinajstić information content (AvgIpc) is 3.26. The molecule has 2 amide bonds. The Kier molecular flexibility index (Phi) is 6.92. The molecule has 2 aromatic rings. The molecule has 2 aromatic heterocycles. The SMILES string of the molecule is Nc1nc(/C(=N/OCC(=O)O)C(=O)NC2C(=O)N3C=C(C[n+]4ccc(C(=O)[O-])cc4)CS[C@H]23)ns1. The first kappa shape index (κ1) is 24.1. The van der Waals surface area contributed by atoms with Crippen molar-refractivity contribution in [1.82, 2.24) is 19.6 Å². The lowest BCUT2D eigenvalue weighted by atomic mass is 10.1. The first-order valence-electron chi connectivity index (χ1n) is 9.89. The number of aromatic carboxylic acids is 1. The summed E-state index contributed by atoms with van der Waals surface area (Å²) in [7, 11) is 0. The molecule has 0 aliphatic carbocycles. The van der Waals surface area contributed by atoms with Crippen molar-refractivity contribution in [2.75, 3.05) is 18.1 Å². The summed E-state index contributed by atoms with van der Waals surface area (Å²) in [5, 5.41) is 25.4. The number of aromatic nitrogens is 3. The molecule has 16 heteroatoms. The van der Waals surface area contributed by atoms with Gasteiger partial charge in [-0.3, -0.25) is 9.59 Å². The number of fused-ring (bicyclic) bond motifs is 1. The number of carboxylic acids is 2. The van der Waals surface area contributed by atoms with Gasteiger partial charge in [-0.1, -0.05) is 5.16 Å². The van der Waals surface area contributed by atoms with Crippen LogP contribution in [0.3, 0.4) is 0 Å². The number of oxime groups is 1. The van der Waals surface area contributed by atoms with Gasteiger partial charge in [0.05, 0.1) is 5.97 Å². The molecular weight excluding hydrogens is 502 g/mol. The maximum absolute atomic E-state index is 12.8. The van der Waals surface area contributed by atoms with Crippen molar-refractivity contribution in [1.29, 1.82) is 0 Å². The van der Waals surface area contributed by atoms with Crippen LogP contribution in [0.4, 0.5) is 5.13 Å². The molecular formula is C19H17N7O7S2. The number of carboxylic acid groups (broad SMARTS) is 2. The predicted octanol–water partition coefficient (Wildman–Crippen LogP) is -2.44. The van der Waals surface area contributed by atoms with E-state index in [1.807, 2.05) is 0 Å². The number of hydrogen-bond donors (Lipinski definition) is 3. The van der Waals surface area contributed by atoms with Crippen molar-refractivity contribution >= 4 is 57.9 Å². The number of thioether (sulfide) groups is 1. The number of nitrogen functional groups attached to an aromatic ring is 1. The minimum Gasteiger partial charge on any atom is -0.545 e. The Labute approximate surface area is 205 Å². The summed E-state index contributed by atoms with van der Waals surface area (Å²) in [5.74, 6) is -3.30. The summed E-state index contributed by atoms with van der Waals surface area (Å²) in [5.41, 5.74) is 6.13. The lowest BCUT2D eigenvalue weighted by Gasteiger charge is -2.47. The number of nitrogens with two attached hydrogens (primary N) is 1. The minimum absolute atomic E-state index is 0.0663. The van der Waals surface area contributed by atoms with Crippen molar-refractivity contribution in [3.63, 3.8) is 0 Å². The van der Waals surface area contributed by atoms with Gasteiger partial charge in [0, 0.05) is 46.8 Å². The number of nitrogens with zero attached hydrogens (tertiary/aromatic N) is 5. The van der Waals surface area contributed by atoms with Crippen LogP contribution in [0.2, 0.25) is 0 Å². The number of aliphatic carboxylic acids is 1. The quantitative estimate of drug-likeness (QED) is 0.137. The average molecular weight is 520 g/mol. The third-order valence-corrected chi connectivity index (χ3v) is 6.77. The number of carbonyl (C=O) groups is 4. The summed E-state index contributed by atoms with van der Waals surface area (Å²) in [6.45, 7) is -0.338. The van der Waals surface area contributed by atoms with Crippen molar-refractivity contribution in [3.05, 3.63) is 47.7 Å². The second kappa shape index (κ2) is 10.1. The Bertz CT molecular complexity index is 1240. The van der Waals surface area contributed by atoms with Gasteiger partial charge in [-0.25, -0.2) is 9.36 Å². The Balaban J connectivity index is 1.41. The zero-order valence-corrected chi connectivity index (χ0v) is 19.3. The van der Waals surface area contributed by atoms with Crippen molar-refractivity contribution < 1.29 is 38.8 Å².